The Hall–Kier alpha value is -0.860. The van der Waals surface area contributed by atoms with E-state index in [9.17, 15) is 0 Å². The van der Waals surface area contributed by atoms with Crippen molar-refractivity contribution in [1.82, 2.24) is 5.32 Å². The third-order valence-corrected chi connectivity index (χ3v) is 4.59. The van der Waals surface area contributed by atoms with Crippen molar-refractivity contribution in [1.29, 1.82) is 0 Å². The summed E-state index contributed by atoms with van der Waals surface area (Å²) in [5.41, 5.74) is 1.69. The molecular formula is C18H29NO. The fourth-order valence-corrected chi connectivity index (χ4v) is 2.98. The third-order valence-electron chi connectivity index (χ3n) is 4.59. The number of hydrogen-bond acceptors (Lipinski definition) is 2. The highest BCUT2D eigenvalue weighted by Crippen LogP contribution is 2.42. The minimum atomic E-state index is 0.280. The topological polar surface area (TPSA) is 21.3 Å². The Morgan fingerprint density at radius 2 is 2.00 bits per heavy atom. The maximum absolute atomic E-state index is 6.09. The van der Waals surface area contributed by atoms with Crippen LogP contribution in [0.5, 0.6) is 0 Å². The summed E-state index contributed by atoms with van der Waals surface area (Å²) in [6, 6.07) is 11.3. The number of benzene rings is 1. The van der Waals surface area contributed by atoms with Crippen LogP contribution in [-0.4, -0.2) is 25.3 Å². The second-order valence-corrected chi connectivity index (χ2v) is 6.51. The predicted octanol–water partition coefficient (Wildman–Crippen LogP) is 3.80. The summed E-state index contributed by atoms with van der Waals surface area (Å²) in [6.45, 7) is 8.87. The van der Waals surface area contributed by atoms with Crippen LogP contribution in [0.4, 0.5) is 0 Å². The van der Waals surface area contributed by atoms with Gasteiger partial charge in [-0.15, -0.1) is 0 Å². The fourth-order valence-electron chi connectivity index (χ4n) is 2.98. The molecule has 1 aliphatic carbocycles. The van der Waals surface area contributed by atoms with Crippen LogP contribution < -0.4 is 5.32 Å². The molecule has 2 nitrogen and oxygen atoms in total. The molecule has 1 aliphatic rings. The van der Waals surface area contributed by atoms with Crippen molar-refractivity contribution in [2.24, 2.45) is 5.41 Å². The molecule has 2 heteroatoms. The largest absolute Gasteiger partial charge is 0.378 e. The molecule has 1 saturated carbocycles. The minimum absolute atomic E-state index is 0.280. The molecule has 20 heavy (non-hydrogen) atoms. The van der Waals surface area contributed by atoms with Gasteiger partial charge in [-0.25, -0.2) is 0 Å². The maximum Gasteiger partial charge on any atom is 0.0655 e. The van der Waals surface area contributed by atoms with Gasteiger partial charge in [0.1, 0.15) is 0 Å². The molecule has 2 unspecified atom stereocenters. The number of rotatable bonds is 8. The van der Waals surface area contributed by atoms with Gasteiger partial charge in [0.05, 0.1) is 6.10 Å². The number of ether oxygens (including phenoxy) is 1. The van der Waals surface area contributed by atoms with Crippen LogP contribution in [0, 0.1) is 5.41 Å². The van der Waals surface area contributed by atoms with E-state index < -0.39 is 0 Å². The lowest BCUT2D eigenvalue weighted by atomic mass is 9.64. The van der Waals surface area contributed by atoms with E-state index in [4.69, 9.17) is 4.74 Å². The Bertz CT molecular complexity index is 388. The van der Waals surface area contributed by atoms with Crippen molar-refractivity contribution >= 4 is 0 Å². The van der Waals surface area contributed by atoms with Crippen molar-refractivity contribution in [3.63, 3.8) is 0 Å². The molecule has 1 aromatic carbocycles. The van der Waals surface area contributed by atoms with Gasteiger partial charge < -0.3 is 10.1 Å². The minimum Gasteiger partial charge on any atom is -0.378 e. The first-order valence-electron chi connectivity index (χ1n) is 8.03. The zero-order chi connectivity index (χ0) is 14.4. The van der Waals surface area contributed by atoms with Crippen LogP contribution in [0.1, 0.15) is 45.6 Å². The van der Waals surface area contributed by atoms with Crippen molar-refractivity contribution in [3.8, 4) is 0 Å². The Labute approximate surface area is 123 Å². The zero-order valence-electron chi connectivity index (χ0n) is 13.2. The Kier molecular flexibility index (Phi) is 5.62. The van der Waals surface area contributed by atoms with Crippen LogP contribution in [0.3, 0.4) is 0 Å². The van der Waals surface area contributed by atoms with Crippen molar-refractivity contribution in [2.75, 3.05) is 13.2 Å². The van der Waals surface area contributed by atoms with Crippen LogP contribution >= 0.6 is 0 Å². The number of nitrogens with one attached hydrogen (secondary N) is 1. The lowest BCUT2D eigenvalue weighted by molar-refractivity contribution is -0.117. The number of aryl methyl sites for hydroxylation is 1. The Morgan fingerprint density at radius 1 is 1.25 bits per heavy atom. The molecule has 0 heterocycles. The maximum atomic E-state index is 6.09. The molecular weight excluding hydrogens is 246 g/mol. The van der Waals surface area contributed by atoms with Crippen LogP contribution in [0.15, 0.2) is 30.3 Å². The highest BCUT2D eigenvalue weighted by atomic mass is 16.5. The molecule has 0 amide bonds. The molecule has 1 fully saturated rings. The summed E-state index contributed by atoms with van der Waals surface area (Å²) < 4.78 is 6.09. The van der Waals surface area contributed by atoms with Gasteiger partial charge in [0.25, 0.3) is 0 Å². The molecule has 0 saturated heterocycles. The van der Waals surface area contributed by atoms with E-state index in [1.54, 1.807) is 0 Å². The molecule has 2 atom stereocenters. The molecule has 0 aliphatic heterocycles. The van der Waals surface area contributed by atoms with E-state index in [-0.39, 0.29) is 5.41 Å². The smallest absolute Gasteiger partial charge is 0.0655 e. The van der Waals surface area contributed by atoms with E-state index >= 15 is 0 Å². The Balaban J connectivity index is 1.63. The van der Waals surface area contributed by atoms with Gasteiger partial charge in [0, 0.05) is 18.1 Å². The summed E-state index contributed by atoms with van der Waals surface area (Å²) in [6.07, 6.45) is 5.02. The van der Waals surface area contributed by atoms with E-state index in [0.717, 1.165) is 26.0 Å². The lowest BCUT2D eigenvalue weighted by Gasteiger charge is -2.52. The highest BCUT2D eigenvalue weighted by molar-refractivity contribution is 5.14. The van der Waals surface area contributed by atoms with Gasteiger partial charge in [0.2, 0.25) is 0 Å². The second kappa shape index (κ2) is 7.24. The van der Waals surface area contributed by atoms with E-state index in [2.05, 4.69) is 56.4 Å². The van der Waals surface area contributed by atoms with Gasteiger partial charge in [0.15, 0.2) is 0 Å². The van der Waals surface area contributed by atoms with Gasteiger partial charge >= 0.3 is 0 Å². The second-order valence-electron chi connectivity index (χ2n) is 6.51. The summed E-state index contributed by atoms with van der Waals surface area (Å²) in [5, 5.41) is 3.63. The van der Waals surface area contributed by atoms with Crippen molar-refractivity contribution in [3.05, 3.63) is 35.9 Å². The van der Waals surface area contributed by atoms with Crippen molar-refractivity contribution in [2.45, 2.75) is 58.6 Å². The lowest BCUT2D eigenvalue weighted by Crippen LogP contribution is -2.61. The normalized spacial score (nSPS) is 24.4. The van der Waals surface area contributed by atoms with E-state index in [1.165, 1.54) is 18.4 Å². The third kappa shape index (κ3) is 3.83. The predicted molar refractivity (Wildman–Crippen MR) is 85.0 cm³/mol. The SMILES string of the molecule is CCCNC1CC(OCCCc2ccccc2)C1(C)C. The zero-order valence-corrected chi connectivity index (χ0v) is 13.2. The highest BCUT2D eigenvalue weighted by Gasteiger charge is 2.48. The van der Waals surface area contributed by atoms with Crippen LogP contribution in [0.2, 0.25) is 0 Å². The standard InChI is InChI=1S/C18H29NO/c1-4-12-19-16-14-17(18(16,2)3)20-13-8-11-15-9-6-5-7-10-15/h5-7,9-10,16-17,19H,4,8,11-14H2,1-3H3. The molecule has 1 aromatic rings. The summed E-state index contributed by atoms with van der Waals surface area (Å²) in [4.78, 5) is 0. The molecule has 1 N–H and O–H groups in total. The molecule has 0 spiro atoms. The van der Waals surface area contributed by atoms with Gasteiger partial charge in [-0.05, 0) is 37.8 Å². The molecule has 2 rings (SSSR count). The summed E-state index contributed by atoms with van der Waals surface area (Å²) in [7, 11) is 0. The summed E-state index contributed by atoms with van der Waals surface area (Å²) in [5.74, 6) is 0. The fraction of sp³-hybridized carbons (Fsp3) is 0.667. The first-order chi connectivity index (χ1) is 9.64. The molecule has 0 aromatic heterocycles. The first kappa shape index (κ1) is 15.5. The molecule has 0 bridgehead atoms. The van der Waals surface area contributed by atoms with Crippen molar-refractivity contribution < 1.29 is 4.74 Å². The first-order valence-corrected chi connectivity index (χ1v) is 8.03. The van der Waals surface area contributed by atoms with Gasteiger partial charge in [-0.2, -0.15) is 0 Å². The Morgan fingerprint density at radius 3 is 2.65 bits per heavy atom. The average molecular weight is 275 g/mol. The van der Waals surface area contributed by atoms with Crippen LogP contribution in [0.25, 0.3) is 0 Å². The number of hydrogen-bond donors (Lipinski definition) is 1. The van der Waals surface area contributed by atoms with Crippen LogP contribution in [-0.2, 0) is 11.2 Å². The average Bonchev–Trinajstić information content (AvgIpc) is 2.46. The summed E-state index contributed by atoms with van der Waals surface area (Å²) >= 11 is 0. The quantitative estimate of drug-likeness (QED) is 0.729. The molecule has 112 valence electrons. The van der Waals surface area contributed by atoms with E-state index in [1.807, 2.05) is 0 Å². The van der Waals surface area contributed by atoms with Gasteiger partial charge in [-0.1, -0.05) is 51.1 Å². The van der Waals surface area contributed by atoms with E-state index in [0.29, 0.717) is 12.1 Å². The van der Waals surface area contributed by atoms with Gasteiger partial charge in [-0.3, -0.25) is 0 Å². The molecule has 0 radical (unpaired) electrons. The monoisotopic (exact) mass is 275 g/mol.